The van der Waals surface area contributed by atoms with E-state index in [9.17, 15) is 0 Å². The maximum absolute atomic E-state index is 5.39. The zero-order valence-corrected chi connectivity index (χ0v) is 15.8. The number of methoxy groups -OCH3 is 2. The summed E-state index contributed by atoms with van der Waals surface area (Å²) in [6.07, 6.45) is 5.80. The van der Waals surface area contributed by atoms with Gasteiger partial charge in [0.2, 0.25) is 0 Å². The molecule has 1 radical (unpaired) electrons. The summed E-state index contributed by atoms with van der Waals surface area (Å²) in [6.45, 7) is 1.35. The predicted octanol–water partition coefficient (Wildman–Crippen LogP) is 4.30. The number of rotatable bonds is 7. The van der Waals surface area contributed by atoms with Gasteiger partial charge in [-0.2, -0.15) is 5.10 Å². The van der Waals surface area contributed by atoms with E-state index in [0.717, 1.165) is 45.7 Å². The highest BCUT2D eigenvalue weighted by Gasteiger charge is 2.09. The van der Waals surface area contributed by atoms with Crippen LogP contribution in [-0.2, 0) is 11.3 Å². The number of fused-ring (bicyclic) bond motifs is 1. The van der Waals surface area contributed by atoms with Gasteiger partial charge in [0.25, 0.3) is 0 Å². The molecule has 28 heavy (non-hydrogen) atoms. The highest BCUT2D eigenvalue weighted by molar-refractivity contribution is 5.97. The van der Waals surface area contributed by atoms with Gasteiger partial charge in [-0.05, 0) is 35.2 Å². The van der Waals surface area contributed by atoms with Crippen LogP contribution in [-0.4, -0.2) is 35.6 Å². The van der Waals surface area contributed by atoms with E-state index in [1.807, 2.05) is 47.5 Å². The van der Waals surface area contributed by atoms with E-state index in [0.29, 0.717) is 6.61 Å². The molecule has 0 atom stereocenters. The monoisotopic (exact) mass is 373 g/mol. The van der Waals surface area contributed by atoms with Gasteiger partial charge in [-0.25, -0.2) is 4.98 Å². The molecule has 6 heteroatoms. The highest BCUT2D eigenvalue weighted by Crippen LogP contribution is 2.31. The molecule has 2 heterocycles. The van der Waals surface area contributed by atoms with Crippen LogP contribution in [0.2, 0.25) is 0 Å². The number of hydrogen-bond acceptors (Lipinski definition) is 5. The first-order valence-electron chi connectivity index (χ1n) is 9.00. The third-order valence-corrected chi connectivity index (χ3v) is 4.54. The summed E-state index contributed by atoms with van der Waals surface area (Å²) in [5, 5.41) is 9.94. The fourth-order valence-electron chi connectivity index (χ4n) is 3.12. The topological polar surface area (TPSA) is 61.2 Å². The first kappa shape index (κ1) is 18.0. The molecular weight excluding hydrogens is 352 g/mol. The molecule has 0 fully saturated rings. The Morgan fingerprint density at radius 3 is 2.96 bits per heavy atom. The van der Waals surface area contributed by atoms with Gasteiger partial charge < -0.3 is 14.8 Å². The van der Waals surface area contributed by atoms with Gasteiger partial charge in [0.15, 0.2) is 0 Å². The number of aromatic nitrogens is 3. The van der Waals surface area contributed by atoms with Crippen LogP contribution in [0.25, 0.3) is 21.9 Å². The second-order valence-electron chi connectivity index (χ2n) is 6.33. The van der Waals surface area contributed by atoms with E-state index in [-0.39, 0.29) is 0 Å². The standard InChI is InChI=1S/C22H21N4O2/c1-27-11-10-26-15-17(14-24-26)18-7-5-6-16-13-23-22(12-19(16)18)25-20-8-3-4-9-21(20)28-2/h3,5-9,12-15H,10-11H2,1-2H3,(H,23,25). The van der Waals surface area contributed by atoms with Gasteiger partial charge in [-0.15, -0.1) is 0 Å². The lowest BCUT2D eigenvalue weighted by Gasteiger charge is -2.11. The lowest BCUT2D eigenvalue weighted by molar-refractivity contribution is 0.183. The average Bonchev–Trinajstić information content (AvgIpc) is 3.21. The minimum atomic E-state index is 0.630. The van der Waals surface area contributed by atoms with Crippen molar-refractivity contribution < 1.29 is 9.47 Å². The van der Waals surface area contributed by atoms with E-state index in [2.05, 4.69) is 33.6 Å². The maximum Gasteiger partial charge on any atom is 0.142 e. The fraction of sp³-hybridized carbons (Fsp3) is 0.182. The van der Waals surface area contributed by atoms with Crippen LogP contribution in [0.3, 0.4) is 0 Å². The molecule has 0 aliphatic rings. The SMILES string of the molecule is COCCn1cc(-c2cccc3cnc(Nc4cc[c]cc4OC)cc23)cn1. The minimum absolute atomic E-state index is 0.630. The summed E-state index contributed by atoms with van der Waals surface area (Å²) < 4.78 is 12.4. The van der Waals surface area contributed by atoms with E-state index in [4.69, 9.17) is 9.47 Å². The molecule has 6 nitrogen and oxygen atoms in total. The van der Waals surface area contributed by atoms with Crippen molar-refractivity contribution in [3.63, 3.8) is 0 Å². The Morgan fingerprint density at radius 2 is 2.11 bits per heavy atom. The Balaban J connectivity index is 1.70. The van der Waals surface area contributed by atoms with Crippen LogP contribution in [0.1, 0.15) is 0 Å². The zero-order chi connectivity index (χ0) is 19.3. The van der Waals surface area contributed by atoms with Crippen molar-refractivity contribution in [3.05, 3.63) is 67.1 Å². The largest absolute Gasteiger partial charge is 0.495 e. The summed E-state index contributed by atoms with van der Waals surface area (Å²) in [4.78, 5) is 4.54. The highest BCUT2D eigenvalue weighted by atomic mass is 16.5. The normalized spacial score (nSPS) is 10.9. The molecule has 141 valence electrons. The maximum atomic E-state index is 5.39. The van der Waals surface area contributed by atoms with Gasteiger partial charge in [-0.3, -0.25) is 4.68 Å². The number of pyridine rings is 1. The molecule has 2 aromatic carbocycles. The Bertz CT molecular complexity index is 1090. The first-order chi connectivity index (χ1) is 13.8. The lowest BCUT2D eigenvalue weighted by Crippen LogP contribution is -2.03. The Labute approximate surface area is 163 Å². The number of nitrogens with zero attached hydrogens (tertiary/aromatic N) is 3. The smallest absolute Gasteiger partial charge is 0.142 e. The average molecular weight is 373 g/mol. The van der Waals surface area contributed by atoms with Crippen molar-refractivity contribution >= 4 is 22.3 Å². The Kier molecular flexibility index (Phi) is 5.21. The summed E-state index contributed by atoms with van der Waals surface area (Å²) in [7, 11) is 3.33. The van der Waals surface area contributed by atoms with Crippen molar-refractivity contribution in [2.75, 3.05) is 26.1 Å². The summed E-state index contributed by atoms with van der Waals surface area (Å²) in [5.74, 6) is 1.47. The third-order valence-electron chi connectivity index (χ3n) is 4.54. The summed E-state index contributed by atoms with van der Waals surface area (Å²) in [5.41, 5.74) is 3.02. The number of nitrogens with one attached hydrogen (secondary N) is 1. The second kappa shape index (κ2) is 8.10. The molecule has 1 N–H and O–H groups in total. The van der Waals surface area contributed by atoms with Crippen LogP contribution in [0.5, 0.6) is 5.75 Å². The molecule has 4 rings (SSSR count). The molecule has 0 aliphatic carbocycles. The second-order valence-corrected chi connectivity index (χ2v) is 6.33. The molecule has 2 aromatic heterocycles. The number of ether oxygens (including phenoxy) is 2. The van der Waals surface area contributed by atoms with Crippen LogP contribution >= 0.6 is 0 Å². The zero-order valence-electron chi connectivity index (χ0n) is 15.8. The molecule has 0 amide bonds. The predicted molar refractivity (Wildman–Crippen MR) is 110 cm³/mol. The van der Waals surface area contributed by atoms with Crippen molar-refractivity contribution in [2.45, 2.75) is 6.54 Å². The summed E-state index contributed by atoms with van der Waals surface area (Å²) >= 11 is 0. The molecule has 0 saturated heterocycles. The van der Waals surface area contributed by atoms with Gasteiger partial charge in [-0.1, -0.05) is 24.3 Å². The Morgan fingerprint density at radius 1 is 1.18 bits per heavy atom. The van der Waals surface area contributed by atoms with Crippen molar-refractivity contribution in [1.29, 1.82) is 0 Å². The molecule has 0 unspecified atom stereocenters. The molecule has 0 aliphatic heterocycles. The quantitative estimate of drug-likeness (QED) is 0.523. The van der Waals surface area contributed by atoms with Gasteiger partial charge in [0.1, 0.15) is 11.6 Å². The van der Waals surface area contributed by atoms with E-state index < -0.39 is 0 Å². The Hall–Kier alpha value is -3.38. The van der Waals surface area contributed by atoms with Gasteiger partial charge >= 0.3 is 0 Å². The number of anilines is 2. The molecular formula is C22H21N4O2. The van der Waals surface area contributed by atoms with Crippen molar-refractivity contribution in [1.82, 2.24) is 14.8 Å². The molecule has 0 saturated carbocycles. The molecule has 0 spiro atoms. The van der Waals surface area contributed by atoms with Crippen molar-refractivity contribution in [3.8, 4) is 16.9 Å². The van der Waals surface area contributed by atoms with Gasteiger partial charge in [0.05, 0.1) is 32.1 Å². The van der Waals surface area contributed by atoms with E-state index in [1.165, 1.54) is 0 Å². The number of hydrogen-bond donors (Lipinski definition) is 1. The first-order valence-corrected chi connectivity index (χ1v) is 9.00. The van der Waals surface area contributed by atoms with E-state index in [1.54, 1.807) is 20.3 Å². The van der Waals surface area contributed by atoms with Crippen molar-refractivity contribution in [2.24, 2.45) is 0 Å². The fourth-order valence-corrected chi connectivity index (χ4v) is 3.12. The number of benzene rings is 2. The van der Waals surface area contributed by atoms with E-state index >= 15 is 0 Å². The summed E-state index contributed by atoms with van der Waals surface area (Å²) in [6, 6.07) is 16.8. The molecule has 4 aromatic rings. The van der Waals surface area contributed by atoms with Gasteiger partial charge in [0, 0.05) is 30.5 Å². The van der Waals surface area contributed by atoms with Crippen LogP contribution in [0, 0.1) is 6.07 Å². The third kappa shape index (κ3) is 3.68. The molecule has 0 bridgehead atoms. The van der Waals surface area contributed by atoms with Crippen LogP contribution in [0.4, 0.5) is 11.5 Å². The van der Waals surface area contributed by atoms with Crippen LogP contribution < -0.4 is 10.1 Å². The van der Waals surface area contributed by atoms with Crippen LogP contribution in [0.15, 0.2) is 61.1 Å². The minimum Gasteiger partial charge on any atom is -0.495 e. The lowest BCUT2D eigenvalue weighted by atomic mass is 10.0.